The van der Waals surface area contributed by atoms with E-state index in [0.717, 1.165) is 13.0 Å². The molecule has 2 aromatic rings. The molecule has 2 heterocycles. The predicted octanol–water partition coefficient (Wildman–Crippen LogP) is 1.49. The van der Waals surface area contributed by atoms with Gasteiger partial charge in [-0.1, -0.05) is 6.92 Å². The number of aromatic amines is 1. The Balaban J connectivity index is 2.21. The lowest BCUT2D eigenvalue weighted by atomic mass is 10.3. The van der Waals surface area contributed by atoms with E-state index in [1.165, 1.54) is 6.07 Å². The van der Waals surface area contributed by atoms with E-state index in [-0.39, 0.29) is 17.4 Å². The minimum absolute atomic E-state index is 0.0195. The number of pyridine rings is 1. The van der Waals surface area contributed by atoms with Crippen LogP contribution in [0.15, 0.2) is 27.7 Å². The highest BCUT2D eigenvalue weighted by atomic mass is 16.4. The molecule has 0 saturated heterocycles. The Kier molecular flexibility index (Phi) is 3.88. The Hall–Kier alpha value is -1.95. The van der Waals surface area contributed by atoms with Gasteiger partial charge in [0, 0.05) is 18.5 Å². The summed E-state index contributed by atoms with van der Waals surface area (Å²) in [6.07, 6.45) is 4.15. The second-order valence-electron chi connectivity index (χ2n) is 4.04. The quantitative estimate of drug-likeness (QED) is 0.837. The van der Waals surface area contributed by atoms with E-state index < -0.39 is 0 Å². The van der Waals surface area contributed by atoms with Crippen molar-refractivity contribution in [3.05, 3.63) is 34.6 Å². The minimum Gasteiger partial charge on any atom is -0.419 e. The highest BCUT2D eigenvalue weighted by Gasteiger charge is 2.15. The number of hydrogen-bond acceptors (Lipinski definition) is 5. The third kappa shape index (κ3) is 2.65. The molecule has 6 heteroatoms. The van der Waals surface area contributed by atoms with Crippen LogP contribution in [0.4, 0.5) is 0 Å². The molecule has 0 radical (unpaired) electrons. The SMILES string of the molecule is CCCNC(C)c1nnc(-c2c[nH]ccc2=O)o1. The van der Waals surface area contributed by atoms with Crippen molar-refractivity contribution in [3.8, 4) is 11.5 Å². The second-order valence-corrected chi connectivity index (χ2v) is 4.04. The van der Waals surface area contributed by atoms with Crippen LogP contribution in [0.25, 0.3) is 11.5 Å². The molecular formula is C12H16N4O2. The number of nitrogens with one attached hydrogen (secondary N) is 2. The van der Waals surface area contributed by atoms with Gasteiger partial charge in [-0.15, -0.1) is 10.2 Å². The monoisotopic (exact) mass is 248 g/mol. The molecule has 0 saturated carbocycles. The molecule has 96 valence electrons. The van der Waals surface area contributed by atoms with Gasteiger partial charge in [-0.2, -0.15) is 0 Å². The average Bonchev–Trinajstić information content (AvgIpc) is 2.86. The van der Waals surface area contributed by atoms with Gasteiger partial charge >= 0.3 is 0 Å². The molecule has 1 unspecified atom stereocenters. The van der Waals surface area contributed by atoms with Gasteiger partial charge in [0.2, 0.25) is 5.89 Å². The molecule has 0 bridgehead atoms. The molecular weight excluding hydrogens is 232 g/mol. The van der Waals surface area contributed by atoms with Gasteiger partial charge in [-0.05, 0) is 19.9 Å². The number of rotatable bonds is 5. The van der Waals surface area contributed by atoms with Crippen LogP contribution in [0.3, 0.4) is 0 Å². The number of aromatic nitrogens is 3. The summed E-state index contributed by atoms with van der Waals surface area (Å²) in [5, 5.41) is 11.1. The zero-order valence-corrected chi connectivity index (χ0v) is 10.4. The molecule has 0 fully saturated rings. The highest BCUT2D eigenvalue weighted by molar-refractivity contribution is 5.49. The van der Waals surface area contributed by atoms with Crippen molar-refractivity contribution in [2.24, 2.45) is 0 Å². The fourth-order valence-corrected chi connectivity index (χ4v) is 1.55. The van der Waals surface area contributed by atoms with Gasteiger partial charge < -0.3 is 14.7 Å². The lowest BCUT2D eigenvalue weighted by molar-refractivity contribution is 0.423. The van der Waals surface area contributed by atoms with Gasteiger partial charge in [-0.3, -0.25) is 4.79 Å². The molecule has 2 aromatic heterocycles. The molecule has 0 aliphatic heterocycles. The first kappa shape index (κ1) is 12.5. The van der Waals surface area contributed by atoms with E-state index >= 15 is 0 Å². The first-order valence-electron chi connectivity index (χ1n) is 5.96. The van der Waals surface area contributed by atoms with Crippen LogP contribution < -0.4 is 10.7 Å². The Morgan fingerprint density at radius 2 is 2.33 bits per heavy atom. The topological polar surface area (TPSA) is 83.8 Å². The Bertz CT molecular complexity index is 561. The standard InChI is InChI=1S/C12H16N4O2/c1-3-5-14-8(2)11-15-16-12(18-11)9-7-13-6-4-10(9)17/h4,6-8,14H,3,5H2,1-2H3,(H,13,17). The van der Waals surface area contributed by atoms with Crippen LogP contribution in [-0.2, 0) is 0 Å². The minimum atomic E-state index is -0.141. The summed E-state index contributed by atoms with van der Waals surface area (Å²) in [7, 11) is 0. The van der Waals surface area contributed by atoms with Crippen molar-refractivity contribution >= 4 is 0 Å². The second kappa shape index (κ2) is 5.59. The van der Waals surface area contributed by atoms with Gasteiger partial charge in [0.05, 0.1) is 6.04 Å². The fraction of sp³-hybridized carbons (Fsp3) is 0.417. The first-order chi connectivity index (χ1) is 8.72. The predicted molar refractivity (Wildman–Crippen MR) is 67.1 cm³/mol. The number of hydrogen-bond donors (Lipinski definition) is 2. The van der Waals surface area contributed by atoms with Crippen molar-refractivity contribution < 1.29 is 4.42 Å². The van der Waals surface area contributed by atoms with Crippen molar-refractivity contribution in [1.29, 1.82) is 0 Å². The van der Waals surface area contributed by atoms with Crippen LogP contribution >= 0.6 is 0 Å². The molecule has 2 rings (SSSR count). The van der Waals surface area contributed by atoms with Crippen molar-refractivity contribution in [2.45, 2.75) is 26.3 Å². The molecule has 1 atom stereocenters. The first-order valence-corrected chi connectivity index (χ1v) is 5.96. The van der Waals surface area contributed by atoms with Gasteiger partial charge in [-0.25, -0.2) is 0 Å². The normalized spacial score (nSPS) is 12.6. The fourth-order valence-electron chi connectivity index (χ4n) is 1.55. The summed E-state index contributed by atoms with van der Waals surface area (Å²) in [5.41, 5.74) is 0.247. The Labute approximate surface area is 104 Å². The van der Waals surface area contributed by atoms with Crippen LogP contribution in [-0.4, -0.2) is 21.7 Å². The van der Waals surface area contributed by atoms with E-state index in [0.29, 0.717) is 11.5 Å². The van der Waals surface area contributed by atoms with Crippen LogP contribution in [0.1, 0.15) is 32.2 Å². The maximum atomic E-state index is 11.6. The molecule has 0 aliphatic carbocycles. The molecule has 18 heavy (non-hydrogen) atoms. The molecule has 0 aromatic carbocycles. The van der Waals surface area contributed by atoms with Gasteiger partial charge in [0.1, 0.15) is 5.56 Å². The Morgan fingerprint density at radius 1 is 1.50 bits per heavy atom. The summed E-state index contributed by atoms with van der Waals surface area (Å²) in [6, 6.07) is 1.41. The average molecular weight is 248 g/mol. The summed E-state index contributed by atoms with van der Waals surface area (Å²) in [6.45, 7) is 4.91. The summed E-state index contributed by atoms with van der Waals surface area (Å²) < 4.78 is 5.50. The Morgan fingerprint density at radius 3 is 3.06 bits per heavy atom. The van der Waals surface area contributed by atoms with E-state index in [2.05, 4.69) is 27.4 Å². The van der Waals surface area contributed by atoms with Crippen LogP contribution in [0.2, 0.25) is 0 Å². The van der Waals surface area contributed by atoms with Gasteiger partial charge in [0.15, 0.2) is 5.43 Å². The zero-order valence-electron chi connectivity index (χ0n) is 10.4. The highest BCUT2D eigenvalue weighted by Crippen LogP contribution is 2.16. The maximum absolute atomic E-state index is 11.6. The zero-order chi connectivity index (χ0) is 13.0. The van der Waals surface area contributed by atoms with Crippen molar-refractivity contribution in [3.63, 3.8) is 0 Å². The molecule has 2 N–H and O–H groups in total. The molecule has 0 spiro atoms. The maximum Gasteiger partial charge on any atom is 0.253 e. The molecule has 6 nitrogen and oxygen atoms in total. The lowest BCUT2D eigenvalue weighted by Crippen LogP contribution is -2.19. The van der Waals surface area contributed by atoms with Crippen molar-refractivity contribution in [1.82, 2.24) is 20.5 Å². The van der Waals surface area contributed by atoms with Crippen LogP contribution in [0.5, 0.6) is 0 Å². The molecule has 0 aliphatic rings. The third-order valence-corrected chi connectivity index (χ3v) is 2.57. The van der Waals surface area contributed by atoms with E-state index in [1.807, 2.05) is 6.92 Å². The lowest BCUT2D eigenvalue weighted by Gasteiger charge is -2.07. The summed E-state index contributed by atoms with van der Waals surface area (Å²) in [4.78, 5) is 14.4. The van der Waals surface area contributed by atoms with E-state index in [1.54, 1.807) is 12.4 Å². The summed E-state index contributed by atoms with van der Waals surface area (Å²) in [5.74, 6) is 0.735. The smallest absolute Gasteiger partial charge is 0.253 e. The third-order valence-electron chi connectivity index (χ3n) is 2.57. The van der Waals surface area contributed by atoms with E-state index in [9.17, 15) is 4.79 Å². The number of nitrogens with zero attached hydrogens (tertiary/aromatic N) is 2. The number of H-pyrrole nitrogens is 1. The van der Waals surface area contributed by atoms with E-state index in [4.69, 9.17) is 4.42 Å². The van der Waals surface area contributed by atoms with Crippen molar-refractivity contribution in [2.75, 3.05) is 6.54 Å². The largest absolute Gasteiger partial charge is 0.419 e. The van der Waals surface area contributed by atoms with Gasteiger partial charge in [0.25, 0.3) is 5.89 Å². The summed E-state index contributed by atoms with van der Waals surface area (Å²) >= 11 is 0. The molecule has 0 amide bonds. The van der Waals surface area contributed by atoms with Crippen LogP contribution in [0, 0.1) is 0 Å².